The summed E-state index contributed by atoms with van der Waals surface area (Å²) >= 11 is 0. The Labute approximate surface area is 150 Å². The van der Waals surface area contributed by atoms with Gasteiger partial charge in [-0.2, -0.15) is 0 Å². The van der Waals surface area contributed by atoms with Crippen LogP contribution in [0.1, 0.15) is 24.8 Å². The average Bonchev–Trinajstić information content (AvgIpc) is 3.16. The van der Waals surface area contributed by atoms with Crippen molar-refractivity contribution < 1.29 is 14.3 Å². The number of nitrogens with zero attached hydrogens (tertiary/aromatic N) is 2. The Hall–Kier alpha value is -1.59. The molecule has 0 unspecified atom stereocenters. The second-order valence-electron chi connectivity index (χ2n) is 7.30. The quantitative estimate of drug-likeness (QED) is 0.792. The molecular formula is C20H30N2O3. The van der Waals surface area contributed by atoms with Gasteiger partial charge in [-0.3, -0.25) is 4.79 Å². The SMILES string of the molecule is COc1ccc(C[C@H]2CN(C)CC[C@H]2OCC(=O)N2CCCC2)cc1. The topological polar surface area (TPSA) is 42.0 Å². The van der Waals surface area contributed by atoms with Crippen molar-refractivity contribution in [2.24, 2.45) is 5.92 Å². The van der Waals surface area contributed by atoms with Crippen LogP contribution in [0, 0.1) is 5.92 Å². The summed E-state index contributed by atoms with van der Waals surface area (Å²) in [7, 11) is 3.85. The van der Waals surface area contributed by atoms with E-state index in [9.17, 15) is 4.79 Å². The fourth-order valence-electron chi connectivity index (χ4n) is 3.91. The average molecular weight is 346 g/mol. The first kappa shape index (κ1) is 18.2. The molecule has 0 aromatic heterocycles. The van der Waals surface area contributed by atoms with Gasteiger partial charge in [-0.05, 0) is 50.4 Å². The van der Waals surface area contributed by atoms with Gasteiger partial charge in [-0.1, -0.05) is 12.1 Å². The Bertz CT molecular complexity index is 555. The molecule has 2 fully saturated rings. The number of benzene rings is 1. The maximum atomic E-state index is 12.3. The van der Waals surface area contributed by atoms with E-state index in [1.807, 2.05) is 17.0 Å². The van der Waals surface area contributed by atoms with E-state index in [1.54, 1.807) is 7.11 Å². The molecule has 0 spiro atoms. The lowest BCUT2D eigenvalue weighted by molar-refractivity contribution is -0.139. The first-order valence-corrected chi connectivity index (χ1v) is 9.36. The summed E-state index contributed by atoms with van der Waals surface area (Å²) in [5.74, 6) is 1.45. The normalized spacial score (nSPS) is 24.5. The molecule has 2 atom stereocenters. The highest BCUT2D eigenvalue weighted by atomic mass is 16.5. The van der Waals surface area contributed by atoms with Crippen LogP contribution < -0.4 is 4.74 Å². The molecule has 0 N–H and O–H groups in total. The number of hydrogen-bond donors (Lipinski definition) is 0. The maximum Gasteiger partial charge on any atom is 0.248 e. The summed E-state index contributed by atoms with van der Waals surface area (Å²) < 4.78 is 11.3. The van der Waals surface area contributed by atoms with Crippen molar-refractivity contribution in [1.82, 2.24) is 9.80 Å². The van der Waals surface area contributed by atoms with Gasteiger partial charge in [0, 0.05) is 32.1 Å². The molecule has 1 aromatic rings. The second-order valence-corrected chi connectivity index (χ2v) is 7.30. The Morgan fingerprint density at radius 2 is 1.88 bits per heavy atom. The number of ether oxygens (including phenoxy) is 2. The molecule has 0 saturated carbocycles. The van der Waals surface area contributed by atoms with Crippen molar-refractivity contribution in [2.75, 3.05) is 46.9 Å². The Balaban J connectivity index is 1.56. The fourth-order valence-corrected chi connectivity index (χ4v) is 3.91. The molecule has 0 aliphatic carbocycles. The second kappa shape index (κ2) is 8.68. The van der Waals surface area contributed by atoms with Crippen LogP contribution >= 0.6 is 0 Å². The summed E-state index contributed by atoms with van der Waals surface area (Å²) in [5, 5.41) is 0. The summed E-state index contributed by atoms with van der Waals surface area (Å²) in [6, 6.07) is 8.27. The number of likely N-dealkylation sites (tertiary alicyclic amines) is 2. The Kier molecular flexibility index (Phi) is 6.32. The molecule has 0 bridgehead atoms. The molecule has 25 heavy (non-hydrogen) atoms. The monoisotopic (exact) mass is 346 g/mol. The number of carbonyl (C=O) groups excluding carboxylic acids is 1. The van der Waals surface area contributed by atoms with E-state index in [0.29, 0.717) is 5.92 Å². The number of amides is 1. The van der Waals surface area contributed by atoms with Gasteiger partial charge in [0.1, 0.15) is 12.4 Å². The van der Waals surface area contributed by atoms with Crippen LogP contribution in [0.4, 0.5) is 0 Å². The van der Waals surface area contributed by atoms with Gasteiger partial charge in [0.15, 0.2) is 0 Å². The molecule has 2 aliphatic rings. The van der Waals surface area contributed by atoms with Gasteiger partial charge >= 0.3 is 0 Å². The molecule has 5 nitrogen and oxygen atoms in total. The highest BCUT2D eigenvalue weighted by molar-refractivity contribution is 5.77. The highest BCUT2D eigenvalue weighted by Gasteiger charge is 2.30. The minimum absolute atomic E-state index is 0.152. The van der Waals surface area contributed by atoms with Crippen LogP contribution in [0.3, 0.4) is 0 Å². The first-order valence-electron chi connectivity index (χ1n) is 9.36. The van der Waals surface area contributed by atoms with Gasteiger partial charge in [-0.15, -0.1) is 0 Å². The Morgan fingerprint density at radius 3 is 2.56 bits per heavy atom. The number of rotatable bonds is 6. The summed E-state index contributed by atoms with van der Waals surface area (Å²) in [5.41, 5.74) is 1.29. The van der Waals surface area contributed by atoms with Crippen LogP contribution in [0.2, 0.25) is 0 Å². The third-order valence-electron chi connectivity index (χ3n) is 5.40. The zero-order valence-corrected chi connectivity index (χ0v) is 15.4. The first-order chi connectivity index (χ1) is 12.2. The van der Waals surface area contributed by atoms with Crippen molar-refractivity contribution in [3.8, 4) is 5.75 Å². The molecule has 1 aromatic carbocycles. The Morgan fingerprint density at radius 1 is 1.16 bits per heavy atom. The minimum atomic E-state index is 0.152. The van der Waals surface area contributed by atoms with E-state index in [0.717, 1.165) is 57.6 Å². The molecular weight excluding hydrogens is 316 g/mol. The number of methoxy groups -OCH3 is 1. The lowest BCUT2D eigenvalue weighted by atomic mass is 9.88. The van der Waals surface area contributed by atoms with Crippen LogP contribution in [0.25, 0.3) is 0 Å². The molecule has 3 rings (SSSR count). The minimum Gasteiger partial charge on any atom is -0.497 e. The third kappa shape index (κ3) is 4.95. The molecule has 138 valence electrons. The lowest BCUT2D eigenvalue weighted by Crippen LogP contribution is -2.44. The lowest BCUT2D eigenvalue weighted by Gasteiger charge is -2.37. The number of carbonyl (C=O) groups is 1. The predicted octanol–water partition coefficient (Wildman–Crippen LogP) is 2.20. The molecule has 1 amide bonds. The van der Waals surface area contributed by atoms with E-state index < -0.39 is 0 Å². The van der Waals surface area contributed by atoms with E-state index >= 15 is 0 Å². The summed E-state index contributed by atoms with van der Waals surface area (Å²) in [4.78, 5) is 16.6. The van der Waals surface area contributed by atoms with Crippen LogP contribution in [-0.2, 0) is 16.0 Å². The van der Waals surface area contributed by atoms with Crippen LogP contribution in [0.5, 0.6) is 5.75 Å². The van der Waals surface area contributed by atoms with Crippen molar-refractivity contribution in [1.29, 1.82) is 0 Å². The smallest absolute Gasteiger partial charge is 0.248 e. The van der Waals surface area contributed by atoms with Gasteiger partial charge < -0.3 is 19.3 Å². The molecule has 2 heterocycles. The summed E-state index contributed by atoms with van der Waals surface area (Å²) in [6.45, 7) is 4.06. The van der Waals surface area contributed by atoms with E-state index in [2.05, 4.69) is 24.1 Å². The molecule has 2 aliphatic heterocycles. The van der Waals surface area contributed by atoms with Gasteiger partial charge in [0.25, 0.3) is 0 Å². The van der Waals surface area contributed by atoms with Crippen LogP contribution in [-0.4, -0.2) is 68.8 Å². The van der Waals surface area contributed by atoms with Gasteiger partial charge in [0.2, 0.25) is 5.91 Å². The maximum absolute atomic E-state index is 12.3. The summed E-state index contributed by atoms with van der Waals surface area (Å²) in [6.07, 6.45) is 4.37. The van der Waals surface area contributed by atoms with Gasteiger partial charge in [-0.25, -0.2) is 0 Å². The predicted molar refractivity (Wildman–Crippen MR) is 97.9 cm³/mol. The van der Waals surface area contributed by atoms with Crippen LogP contribution in [0.15, 0.2) is 24.3 Å². The zero-order chi connectivity index (χ0) is 17.6. The van der Waals surface area contributed by atoms with E-state index in [4.69, 9.17) is 9.47 Å². The van der Waals surface area contributed by atoms with Crippen molar-refractivity contribution in [3.05, 3.63) is 29.8 Å². The third-order valence-corrected chi connectivity index (χ3v) is 5.40. The van der Waals surface area contributed by atoms with Crippen molar-refractivity contribution in [2.45, 2.75) is 31.8 Å². The fraction of sp³-hybridized carbons (Fsp3) is 0.650. The zero-order valence-electron chi connectivity index (χ0n) is 15.4. The molecule has 5 heteroatoms. The number of hydrogen-bond acceptors (Lipinski definition) is 4. The largest absolute Gasteiger partial charge is 0.497 e. The molecule has 2 saturated heterocycles. The molecule has 0 radical (unpaired) electrons. The number of piperidine rings is 1. The van der Waals surface area contributed by atoms with Gasteiger partial charge in [0.05, 0.1) is 13.2 Å². The van der Waals surface area contributed by atoms with E-state index in [1.165, 1.54) is 5.56 Å². The standard InChI is InChI=1S/C20H30N2O3/c1-21-12-9-19(25-15-20(23)22-10-3-4-11-22)17(14-21)13-16-5-7-18(24-2)8-6-16/h5-8,17,19H,3-4,9-15H2,1-2H3/t17-,19+/m0/s1. The van der Waals surface area contributed by atoms with Crippen molar-refractivity contribution >= 4 is 5.91 Å². The van der Waals surface area contributed by atoms with E-state index in [-0.39, 0.29) is 18.6 Å². The van der Waals surface area contributed by atoms with Crippen molar-refractivity contribution in [3.63, 3.8) is 0 Å². The highest BCUT2D eigenvalue weighted by Crippen LogP contribution is 2.24.